The highest BCUT2D eigenvalue weighted by Crippen LogP contribution is 2.28. The van der Waals surface area contributed by atoms with Crippen LogP contribution in [0.4, 0.5) is 0 Å². The molecule has 0 spiro atoms. The number of fused-ring (bicyclic) bond motifs is 3. The van der Waals surface area contributed by atoms with Gasteiger partial charge in [-0.05, 0) is 19.1 Å². The Morgan fingerprint density at radius 1 is 1.14 bits per heavy atom. The van der Waals surface area contributed by atoms with Crippen LogP contribution < -0.4 is 0 Å². The minimum absolute atomic E-state index is 0.213. The minimum Gasteiger partial charge on any atom is -0.458 e. The highest BCUT2D eigenvalue weighted by molar-refractivity contribution is 6.07. The third-order valence-corrected chi connectivity index (χ3v) is 3.60. The summed E-state index contributed by atoms with van der Waals surface area (Å²) in [4.78, 5) is 11.3. The zero-order chi connectivity index (χ0) is 14.8. The number of rotatable bonds is 4. The number of aromatic nitrogens is 1. The zero-order valence-electron chi connectivity index (χ0n) is 12.0. The van der Waals surface area contributed by atoms with E-state index in [0.29, 0.717) is 6.54 Å². The number of nitrogens with zero attached hydrogens (tertiary/aromatic N) is 1. The van der Waals surface area contributed by atoms with E-state index in [4.69, 9.17) is 4.74 Å². The SMILES string of the molecule is C=CC(=O)OC(C)Cn1c2ccccc2c2ccccc21. The molecule has 0 amide bonds. The maximum absolute atomic E-state index is 11.3. The second-order valence-corrected chi connectivity index (χ2v) is 5.10. The lowest BCUT2D eigenvalue weighted by molar-refractivity contribution is -0.142. The Bertz CT molecular complexity index is 763. The lowest BCUT2D eigenvalue weighted by Gasteiger charge is -2.14. The number of carbonyl (C=O) groups excluding carboxylic acids is 1. The van der Waals surface area contributed by atoms with E-state index in [9.17, 15) is 4.79 Å². The van der Waals surface area contributed by atoms with Crippen LogP contribution in [0.3, 0.4) is 0 Å². The molecule has 1 unspecified atom stereocenters. The summed E-state index contributed by atoms with van der Waals surface area (Å²) in [6.45, 7) is 5.94. The molecule has 0 aliphatic carbocycles. The molecule has 106 valence electrons. The van der Waals surface area contributed by atoms with Gasteiger partial charge >= 0.3 is 5.97 Å². The van der Waals surface area contributed by atoms with Crippen LogP contribution >= 0.6 is 0 Å². The van der Waals surface area contributed by atoms with Crippen LogP contribution in [0.2, 0.25) is 0 Å². The van der Waals surface area contributed by atoms with E-state index in [1.807, 2.05) is 31.2 Å². The zero-order valence-corrected chi connectivity index (χ0v) is 12.0. The van der Waals surface area contributed by atoms with Crippen molar-refractivity contribution in [2.75, 3.05) is 0 Å². The fourth-order valence-electron chi connectivity index (χ4n) is 2.74. The number of benzene rings is 2. The first kappa shape index (κ1) is 13.4. The molecule has 3 nitrogen and oxygen atoms in total. The second kappa shape index (κ2) is 5.44. The topological polar surface area (TPSA) is 31.2 Å². The maximum Gasteiger partial charge on any atom is 0.330 e. The summed E-state index contributed by atoms with van der Waals surface area (Å²) in [5, 5.41) is 2.44. The molecular formula is C18H17NO2. The number of ether oxygens (including phenoxy) is 1. The van der Waals surface area contributed by atoms with Crippen molar-refractivity contribution in [3.63, 3.8) is 0 Å². The molecule has 3 rings (SSSR count). The molecule has 0 radical (unpaired) electrons. The van der Waals surface area contributed by atoms with Crippen LogP contribution in [-0.2, 0) is 16.1 Å². The molecule has 0 saturated heterocycles. The molecule has 0 bridgehead atoms. The fraction of sp³-hybridized carbons (Fsp3) is 0.167. The van der Waals surface area contributed by atoms with Crippen LogP contribution in [0.25, 0.3) is 21.8 Å². The van der Waals surface area contributed by atoms with E-state index in [-0.39, 0.29) is 12.1 Å². The standard InChI is InChI=1S/C18H17NO2/c1-3-18(20)21-13(2)12-19-16-10-6-4-8-14(16)15-9-5-7-11-17(15)19/h3-11,13H,1,12H2,2H3. The normalized spacial score (nSPS) is 12.4. The summed E-state index contributed by atoms with van der Waals surface area (Å²) >= 11 is 0. The van der Waals surface area contributed by atoms with Gasteiger partial charge in [-0.2, -0.15) is 0 Å². The molecule has 2 aromatic carbocycles. The Balaban J connectivity index is 2.07. The monoisotopic (exact) mass is 279 g/mol. The molecular weight excluding hydrogens is 262 g/mol. The van der Waals surface area contributed by atoms with Crippen molar-refractivity contribution >= 4 is 27.8 Å². The first-order valence-corrected chi connectivity index (χ1v) is 6.99. The fourth-order valence-corrected chi connectivity index (χ4v) is 2.74. The van der Waals surface area contributed by atoms with Crippen LogP contribution in [-0.4, -0.2) is 16.6 Å². The van der Waals surface area contributed by atoms with Crippen molar-refractivity contribution in [1.29, 1.82) is 0 Å². The van der Waals surface area contributed by atoms with Gasteiger partial charge in [0.1, 0.15) is 6.10 Å². The highest BCUT2D eigenvalue weighted by atomic mass is 16.5. The summed E-state index contributed by atoms with van der Waals surface area (Å²) in [5.41, 5.74) is 2.31. The molecule has 1 heterocycles. The lowest BCUT2D eigenvalue weighted by Crippen LogP contribution is -2.19. The number of carbonyl (C=O) groups is 1. The van der Waals surface area contributed by atoms with Crippen molar-refractivity contribution in [3.05, 3.63) is 61.2 Å². The summed E-state index contributed by atoms with van der Waals surface area (Å²) in [7, 11) is 0. The molecule has 0 fully saturated rings. The van der Waals surface area contributed by atoms with Crippen molar-refractivity contribution in [2.24, 2.45) is 0 Å². The third-order valence-electron chi connectivity index (χ3n) is 3.60. The molecule has 1 aromatic heterocycles. The van der Waals surface area contributed by atoms with Gasteiger partial charge in [0.05, 0.1) is 6.54 Å². The molecule has 0 aliphatic rings. The van der Waals surface area contributed by atoms with Crippen LogP contribution in [0.5, 0.6) is 0 Å². The summed E-state index contributed by atoms with van der Waals surface area (Å²) in [6, 6.07) is 16.6. The van der Waals surface area contributed by atoms with E-state index >= 15 is 0 Å². The van der Waals surface area contributed by atoms with E-state index in [0.717, 1.165) is 11.0 Å². The van der Waals surface area contributed by atoms with E-state index in [1.54, 1.807) is 0 Å². The molecule has 3 aromatic rings. The summed E-state index contributed by atoms with van der Waals surface area (Å²) < 4.78 is 7.49. The van der Waals surface area contributed by atoms with Crippen molar-refractivity contribution in [3.8, 4) is 0 Å². The predicted octanol–water partition coefficient (Wildman–Crippen LogP) is 3.91. The Labute approximate surface area is 123 Å². The molecule has 3 heteroatoms. The van der Waals surface area contributed by atoms with Gasteiger partial charge < -0.3 is 9.30 Å². The second-order valence-electron chi connectivity index (χ2n) is 5.10. The molecule has 1 atom stereocenters. The van der Waals surface area contributed by atoms with Gasteiger partial charge in [0.15, 0.2) is 0 Å². The van der Waals surface area contributed by atoms with E-state index < -0.39 is 0 Å². The molecule has 21 heavy (non-hydrogen) atoms. The smallest absolute Gasteiger partial charge is 0.330 e. The number of hydrogen-bond donors (Lipinski definition) is 0. The first-order valence-electron chi connectivity index (χ1n) is 6.99. The van der Waals surface area contributed by atoms with Gasteiger partial charge in [-0.3, -0.25) is 0 Å². The minimum atomic E-state index is -0.386. The third kappa shape index (κ3) is 2.42. The Hall–Kier alpha value is -2.55. The molecule has 0 N–H and O–H groups in total. The van der Waals surface area contributed by atoms with Crippen LogP contribution in [0.1, 0.15) is 6.92 Å². The van der Waals surface area contributed by atoms with E-state index in [1.165, 1.54) is 16.8 Å². The summed E-state index contributed by atoms with van der Waals surface area (Å²) in [6.07, 6.45) is 0.984. The predicted molar refractivity (Wildman–Crippen MR) is 85.2 cm³/mol. The number of esters is 1. The van der Waals surface area contributed by atoms with Crippen molar-refractivity contribution in [1.82, 2.24) is 4.57 Å². The van der Waals surface area contributed by atoms with Gasteiger partial charge in [-0.15, -0.1) is 0 Å². The number of hydrogen-bond acceptors (Lipinski definition) is 2. The Kier molecular flexibility index (Phi) is 3.48. The van der Waals surface area contributed by atoms with Gasteiger partial charge in [-0.25, -0.2) is 4.79 Å². The van der Waals surface area contributed by atoms with E-state index in [2.05, 4.69) is 35.4 Å². The average molecular weight is 279 g/mol. The van der Waals surface area contributed by atoms with Crippen molar-refractivity contribution in [2.45, 2.75) is 19.6 Å². The molecule has 0 saturated carbocycles. The lowest BCUT2D eigenvalue weighted by atomic mass is 10.2. The molecule has 0 aliphatic heterocycles. The Morgan fingerprint density at radius 3 is 2.19 bits per heavy atom. The highest BCUT2D eigenvalue weighted by Gasteiger charge is 2.13. The van der Waals surface area contributed by atoms with Gasteiger partial charge in [-0.1, -0.05) is 43.0 Å². The van der Waals surface area contributed by atoms with Gasteiger partial charge in [0.25, 0.3) is 0 Å². The van der Waals surface area contributed by atoms with Crippen molar-refractivity contribution < 1.29 is 9.53 Å². The van der Waals surface area contributed by atoms with Gasteiger partial charge in [0.2, 0.25) is 0 Å². The first-order chi connectivity index (χ1) is 10.2. The summed E-state index contributed by atoms with van der Waals surface area (Å²) in [5.74, 6) is -0.386. The largest absolute Gasteiger partial charge is 0.458 e. The average Bonchev–Trinajstić information content (AvgIpc) is 2.82. The maximum atomic E-state index is 11.3. The van der Waals surface area contributed by atoms with Crippen LogP contribution in [0.15, 0.2) is 61.2 Å². The Morgan fingerprint density at radius 2 is 1.67 bits per heavy atom. The quantitative estimate of drug-likeness (QED) is 0.535. The van der Waals surface area contributed by atoms with Gasteiger partial charge in [0, 0.05) is 27.9 Å². The van der Waals surface area contributed by atoms with Crippen LogP contribution in [0, 0.1) is 0 Å². The number of para-hydroxylation sites is 2.